The van der Waals surface area contributed by atoms with Gasteiger partial charge in [-0.05, 0) is 43.5 Å². The third-order valence-electron chi connectivity index (χ3n) is 5.25. The quantitative estimate of drug-likeness (QED) is 0.531. The minimum atomic E-state index is -3.62. The Kier molecular flexibility index (Phi) is 5.99. The summed E-state index contributed by atoms with van der Waals surface area (Å²) in [5.41, 5.74) is 0.829. The highest BCUT2D eigenvalue weighted by Crippen LogP contribution is 2.26. The van der Waals surface area contributed by atoms with E-state index in [9.17, 15) is 23.3 Å². The molecule has 1 atom stereocenters. The first-order valence-electron chi connectivity index (χ1n) is 9.33. The molecule has 1 saturated heterocycles. The van der Waals surface area contributed by atoms with Crippen LogP contribution >= 0.6 is 0 Å². The number of carbonyl (C=O) groups is 1. The molecular weight excluding hydrogens is 394 g/mol. The maximum atomic E-state index is 13.0. The fourth-order valence-electron chi connectivity index (χ4n) is 3.37. The van der Waals surface area contributed by atoms with Crippen LogP contribution in [0.4, 0.5) is 5.69 Å². The van der Waals surface area contributed by atoms with E-state index in [1.54, 1.807) is 38.2 Å². The lowest BCUT2D eigenvalue weighted by molar-refractivity contribution is -0.384. The number of non-ortho nitro benzene ring substituents is 1. The lowest BCUT2D eigenvalue weighted by atomic mass is 10.1. The van der Waals surface area contributed by atoms with Gasteiger partial charge in [0.05, 0.1) is 15.9 Å². The van der Waals surface area contributed by atoms with Crippen molar-refractivity contribution in [1.82, 2.24) is 9.21 Å². The number of hydrogen-bond acceptors (Lipinski definition) is 5. The summed E-state index contributed by atoms with van der Waals surface area (Å²) in [4.78, 5) is 25.0. The van der Waals surface area contributed by atoms with E-state index in [1.165, 1.54) is 33.5 Å². The molecule has 1 aliphatic heterocycles. The molecule has 0 aliphatic carbocycles. The van der Waals surface area contributed by atoms with E-state index in [-0.39, 0.29) is 22.1 Å². The highest BCUT2D eigenvalue weighted by molar-refractivity contribution is 7.89. The first kappa shape index (κ1) is 20.9. The van der Waals surface area contributed by atoms with Gasteiger partial charge in [-0.1, -0.05) is 18.2 Å². The lowest BCUT2D eigenvalue weighted by Crippen LogP contribution is -2.30. The number of benzene rings is 2. The van der Waals surface area contributed by atoms with Gasteiger partial charge in [0.2, 0.25) is 10.0 Å². The highest BCUT2D eigenvalue weighted by Gasteiger charge is 2.28. The molecule has 1 fully saturated rings. The van der Waals surface area contributed by atoms with E-state index in [0.29, 0.717) is 18.7 Å². The van der Waals surface area contributed by atoms with Gasteiger partial charge in [0, 0.05) is 37.8 Å². The summed E-state index contributed by atoms with van der Waals surface area (Å²) >= 11 is 0. The zero-order valence-electron chi connectivity index (χ0n) is 16.3. The number of hydrogen-bond donors (Lipinski definition) is 0. The van der Waals surface area contributed by atoms with Crippen LogP contribution in [-0.4, -0.2) is 48.6 Å². The maximum Gasteiger partial charge on any atom is 0.269 e. The van der Waals surface area contributed by atoms with E-state index in [2.05, 4.69) is 0 Å². The molecule has 29 heavy (non-hydrogen) atoms. The van der Waals surface area contributed by atoms with E-state index in [4.69, 9.17) is 0 Å². The molecule has 1 heterocycles. The number of nitro benzene ring substituents is 1. The third kappa shape index (κ3) is 4.30. The molecule has 3 rings (SSSR count). The number of carbonyl (C=O) groups excluding carboxylic acids is 1. The van der Waals surface area contributed by atoms with Crippen molar-refractivity contribution >= 4 is 21.6 Å². The molecule has 0 radical (unpaired) electrons. The van der Waals surface area contributed by atoms with Crippen molar-refractivity contribution in [1.29, 1.82) is 0 Å². The van der Waals surface area contributed by atoms with Crippen LogP contribution in [0.2, 0.25) is 0 Å². The number of rotatable bonds is 6. The van der Waals surface area contributed by atoms with Gasteiger partial charge in [0.25, 0.3) is 11.6 Å². The molecule has 0 saturated carbocycles. The van der Waals surface area contributed by atoms with Gasteiger partial charge in [0.15, 0.2) is 0 Å². The van der Waals surface area contributed by atoms with Crippen molar-refractivity contribution in [3.63, 3.8) is 0 Å². The van der Waals surface area contributed by atoms with Gasteiger partial charge in [-0.25, -0.2) is 8.42 Å². The largest absolute Gasteiger partial charge is 0.335 e. The molecule has 0 bridgehead atoms. The number of amides is 1. The molecule has 1 amide bonds. The second-order valence-electron chi connectivity index (χ2n) is 7.08. The first-order valence-corrected chi connectivity index (χ1v) is 10.8. The predicted molar refractivity (Wildman–Crippen MR) is 108 cm³/mol. The van der Waals surface area contributed by atoms with E-state index in [1.807, 2.05) is 0 Å². The monoisotopic (exact) mass is 417 g/mol. The van der Waals surface area contributed by atoms with Crippen molar-refractivity contribution in [2.45, 2.75) is 30.7 Å². The second-order valence-corrected chi connectivity index (χ2v) is 9.02. The Hall–Kier alpha value is -2.78. The summed E-state index contributed by atoms with van der Waals surface area (Å²) < 4.78 is 27.0. The minimum absolute atomic E-state index is 0.0473. The smallest absolute Gasteiger partial charge is 0.269 e. The summed E-state index contributed by atoms with van der Waals surface area (Å²) in [5.74, 6) is -0.359. The molecule has 9 heteroatoms. The SMILES string of the molecule is C[C@H](c1cccc([N+](=O)[O-])c1)N(C)C(=O)c1cccc(S(=O)(=O)N2CCCC2)c1. The van der Waals surface area contributed by atoms with Gasteiger partial charge >= 0.3 is 0 Å². The molecule has 0 spiro atoms. The van der Waals surface area contributed by atoms with E-state index in [0.717, 1.165) is 12.8 Å². The van der Waals surface area contributed by atoms with Crippen LogP contribution in [-0.2, 0) is 10.0 Å². The summed E-state index contributed by atoms with van der Waals surface area (Å²) in [7, 11) is -2.03. The van der Waals surface area contributed by atoms with E-state index >= 15 is 0 Å². The fourth-order valence-corrected chi connectivity index (χ4v) is 4.93. The van der Waals surface area contributed by atoms with Crippen molar-refractivity contribution in [3.8, 4) is 0 Å². The van der Waals surface area contributed by atoms with Crippen LogP contribution < -0.4 is 0 Å². The Balaban J connectivity index is 1.84. The van der Waals surface area contributed by atoms with Crippen molar-refractivity contribution in [2.24, 2.45) is 0 Å². The summed E-state index contributed by atoms with van der Waals surface area (Å²) in [6.45, 7) is 2.75. The maximum absolute atomic E-state index is 13.0. The standard InChI is InChI=1S/C20H23N3O5S/c1-15(16-7-5-9-18(13-16)23(25)26)21(2)20(24)17-8-6-10-19(14-17)29(27,28)22-11-3-4-12-22/h5-10,13-15H,3-4,11-12H2,1-2H3/t15-/m1/s1. The fraction of sp³-hybridized carbons (Fsp3) is 0.350. The van der Waals surface area contributed by atoms with Gasteiger partial charge in [-0.3, -0.25) is 14.9 Å². The average molecular weight is 417 g/mol. The number of nitro groups is 1. The number of nitrogens with zero attached hydrogens (tertiary/aromatic N) is 3. The molecule has 0 unspecified atom stereocenters. The van der Waals surface area contributed by atoms with Crippen LogP contribution in [0.15, 0.2) is 53.4 Å². The third-order valence-corrected chi connectivity index (χ3v) is 7.14. The van der Waals surface area contributed by atoms with Crippen molar-refractivity contribution in [3.05, 3.63) is 69.8 Å². The average Bonchev–Trinajstić information content (AvgIpc) is 3.28. The normalized spacial score (nSPS) is 15.8. The van der Waals surface area contributed by atoms with Crippen LogP contribution in [0, 0.1) is 10.1 Å². The zero-order valence-corrected chi connectivity index (χ0v) is 17.1. The lowest BCUT2D eigenvalue weighted by Gasteiger charge is -2.25. The van der Waals surface area contributed by atoms with Crippen LogP contribution in [0.25, 0.3) is 0 Å². The first-order chi connectivity index (χ1) is 13.7. The minimum Gasteiger partial charge on any atom is -0.335 e. The molecular formula is C20H23N3O5S. The summed E-state index contributed by atoms with van der Waals surface area (Å²) in [5, 5.41) is 11.0. The molecule has 8 nitrogen and oxygen atoms in total. The predicted octanol–water partition coefficient (Wildman–Crippen LogP) is 3.21. The molecule has 0 N–H and O–H groups in total. The highest BCUT2D eigenvalue weighted by atomic mass is 32.2. The molecule has 154 valence electrons. The Bertz CT molecular complexity index is 1030. The van der Waals surface area contributed by atoms with E-state index < -0.39 is 21.0 Å². The Labute approximate surface area is 169 Å². The molecule has 0 aromatic heterocycles. The Morgan fingerprint density at radius 1 is 1.14 bits per heavy atom. The zero-order chi connectivity index (χ0) is 21.2. The van der Waals surface area contributed by atoms with Crippen molar-refractivity contribution in [2.75, 3.05) is 20.1 Å². The number of sulfonamides is 1. The Morgan fingerprint density at radius 3 is 2.45 bits per heavy atom. The molecule has 1 aliphatic rings. The van der Waals surface area contributed by atoms with Gasteiger partial charge in [-0.2, -0.15) is 4.31 Å². The topological polar surface area (TPSA) is 101 Å². The van der Waals surface area contributed by atoms with Crippen LogP contribution in [0.3, 0.4) is 0 Å². The van der Waals surface area contributed by atoms with Gasteiger partial charge in [0.1, 0.15) is 0 Å². The van der Waals surface area contributed by atoms with Gasteiger partial charge < -0.3 is 4.90 Å². The van der Waals surface area contributed by atoms with Crippen LogP contribution in [0.1, 0.15) is 41.7 Å². The van der Waals surface area contributed by atoms with Crippen LogP contribution in [0.5, 0.6) is 0 Å². The van der Waals surface area contributed by atoms with Crippen molar-refractivity contribution < 1.29 is 18.1 Å². The molecule has 2 aromatic rings. The van der Waals surface area contributed by atoms with Gasteiger partial charge in [-0.15, -0.1) is 0 Å². The second kappa shape index (κ2) is 8.30. The Morgan fingerprint density at radius 2 is 1.79 bits per heavy atom. The summed E-state index contributed by atoms with van der Waals surface area (Å²) in [6, 6.07) is 11.7. The molecule has 2 aromatic carbocycles. The summed E-state index contributed by atoms with van der Waals surface area (Å²) in [6.07, 6.45) is 1.67.